The Hall–Kier alpha value is -2.37. The number of pyridine rings is 1. The molecule has 0 aliphatic heterocycles. The highest BCUT2D eigenvalue weighted by molar-refractivity contribution is 6.06. The van der Waals surface area contributed by atoms with Crippen LogP contribution in [-0.4, -0.2) is 18.0 Å². The number of hydrogen-bond donors (Lipinski definition) is 2. The summed E-state index contributed by atoms with van der Waals surface area (Å²) < 4.78 is 18.7. The van der Waals surface area contributed by atoms with Crippen LogP contribution in [0.5, 0.6) is 5.88 Å². The van der Waals surface area contributed by atoms with Gasteiger partial charge in [0.1, 0.15) is 11.5 Å². The molecule has 20 heavy (non-hydrogen) atoms. The van der Waals surface area contributed by atoms with Gasteiger partial charge < -0.3 is 15.8 Å². The minimum Gasteiger partial charge on any atom is -0.479 e. The first-order valence-electron chi connectivity index (χ1n) is 6.20. The molecule has 6 heteroatoms. The Morgan fingerprint density at radius 3 is 3.00 bits per heavy atom. The third-order valence-electron chi connectivity index (χ3n) is 3.14. The number of rotatable bonds is 3. The minimum atomic E-state index is -0.513. The Labute approximate surface area is 116 Å². The van der Waals surface area contributed by atoms with Crippen LogP contribution in [0.2, 0.25) is 0 Å². The van der Waals surface area contributed by atoms with E-state index in [4.69, 9.17) is 10.5 Å². The molecule has 0 radical (unpaired) electrons. The number of allylic oxidation sites excluding steroid dienone is 3. The third-order valence-corrected chi connectivity index (χ3v) is 3.14. The SMILES string of the molecule is COc1nccc(NC(=O)C2=C(F)C=CCC2C)c1N. The number of halogens is 1. The molecule has 106 valence electrons. The molecule has 0 bridgehead atoms. The van der Waals surface area contributed by atoms with Gasteiger partial charge in [-0.15, -0.1) is 0 Å². The van der Waals surface area contributed by atoms with Crippen molar-refractivity contribution in [2.75, 3.05) is 18.2 Å². The zero-order valence-electron chi connectivity index (χ0n) is 11.3. The van der Waals surface area contributed by atoms with E-state index in [0.29, 0.717) is 12.1 Å². The van der Waals surface area contributed by atoms with E-state index in [9.17, 15) is 9.18 Å². The molecule has 5 nitrogen and oxygen atoms in total. The summed E-state index contributed by atoms with van der Waals surface area (Å²) in [6, 6.07) is 1.54. The Kier molecular flexibility index (Phi) is 4.02. The lowest BCUT2D eigenvalue weighted by atomic mass is 9.92. The van der Waals surface area contributed by atoms with Gasteiger partial charge in [-0.05, 0) is 24.5 Å². The molecule has 1 unspecified atom stereocenters. The lowest BCUT2D eigenvalue weighted by molar-refractivity contribution is -0.113. The number of carbonyl (C=O) groups excluding carboxylic acids is 1. The first-order valence-corrected chi connectivity index (χ1v) is 6.20. The van der Waals surface area contributed by atoms with Crippen molar-refractivity contribution in [2.45, 2.75) is 13.3 Å². The fourth-order valence-corrected chi connectivity index (χ4v) is 2.07. The van der Waals surface area contributed by atoms with Crippen molar-refractivity contribution >= 4 is 17.3 Å². The summed E-state index contributed by atoms with van der Waals surface area (Å²) >= 11 is 0. The Bertz CT molecular complexity index is 596. The molecule has 0 saturated carbocycles. The lowest BCUT2D eigenvalue weighted by Gasteiger charge is -2.18. The predicted molar refractivity (Wildman–Crippen MR) is 74.9 cm³/mol. The number of nitrogens with one attached hydrogen (secondary N) is 1. The van der Waals surface area contributed by atoms with Crippen LogP contribution in [0.25, 0.3) is 0 Å². The predicted octanol–water partition coefficient (Wildman–Crippen LogP) is 2.43. The number of nitrogen functional groups attached to an aromatic ring is 1. The summed E-state index contributed by atoms with van der Waals surface area (Å²) in [6.07, 6.45) is 5.11. The highest BCUT2D eigenvalue weighted by Gasteiger charge is 2.24. The Morgan fingerprint density at radius 1 is 1.60 bits per heavy atom. The number of ether oxygens (including phenoxy) is 1. The maximum absolute atomic E-state index is 13.8. The molecule has 1 aliphatic rings. The summed E-state index contributed by atoms with van der Waals surface area (Å²) in [5.74, 6) is -0.973. The van der Waals surface area contributed by atoms with Crippen LogP contribution < -0.4 is 15.8 Å². The molecular weight excluding hydrogens is 261 g/mol. The van der Waals surface area contributed by atoms with E-state index in [0.717, 1.165) is 0 Å². The van der Waals surface area contributed by atoms with Crippen LogP contribution >= 0.6 is 0 Å². The largest absolute Gasteiger partial charge is 0.479 e. The van der Waals surface area contributed by atoms with E-state index < -0.39 is 11.7 Å². The molecule has 1 amide bonds. The van der Waals surface area contributed by atoms with E-state index in [1.807, 2.05) is 0 Å². The standard InChI is InChI=1S/C14H16FN3O2/c1-8-4-3-5-9(15)11(8)13(19)18-10-6-7-17-14(20-2)12(10)16/h3,5-8H,4,16H2,1-2H3,(H,17,18,19). The average Bonchev–Trinajstić information content (AvgIpc) is 2.41. The van der Waals surface area contributed by atoms with Crippen LogP contribution in [0.1, 0.15) is 13.3 Å². The molecule has 0 saturated heterocycles. The number of anilines is 2. The van der Waals surface area contributed by atoms with Gasteiger partial charge in [0.25, 0.3) is 5.91 Å². The molecule has 1 heterocycles. The van der Waals surface area contributed by atoms with E-state index >= 15 is 0 Å². The lowest BCUT2D eigenvalue weighted by Crippen LogP contribution is -2.22. The number of hydrogen-bond acceptors (Lipinski definition) is 4. The van der Waals surface area contributed by atoms with E-state index in [-0.39, 0.29) is 23.1 Å². The molecule has 0 spiro atoms. The average molecular weight is 277 g/mol. The van der Waals surface area contributed by atoms with Gasteiger partial charge in [-0.2, -0.15) is 0 Å². The summed E-state index contributed by atoms with van der Waals surface area (Å²) in [7, 11) is 1.43. The summed E-state index contributed by atoms with van der Waals surface area (Å²) in [6.45, 7) is 1.80. The van der Waals surface area contributed by atoms with Crippen molar-refractivity contribution in [3.05, 3.63) is 35.8 Å². The van der Waals surface area contributed by atoms with Gasteiger partial charge in [0.2, 0.25) is 5.88 Å². The third kappa shape index (κ3) is 2.64. The number of aromatic nitrogens is 1. The van der Waals surface area contributed by atoms with Gasteiger partial charge in [0, 0.05) is 6.20 Å². The summed E-state index contributed by atoms with van der Waals surface area (Å²) in [4.78, 5) is 16.1. The minimum absolute atomic E-state index is 0.127. The van der Waals surface area contributed by atoms with Crippen molar-refractivity contribution in [1.29, 1.82) is 0 Å². The van der Waals surface area contributed by atoms with Crippen molar-refractivity contribution < 1.29 is 13.9 Å². The molecular formula is C14H16FN3O2. The van der Waals surface area contributed by atoms with Crippen LogP contribution in [0.15, 0.2) is 35.8 Å². The normalized spacial score (nSPS) is 18.1. The second-order valence-corrected chi connectivity index (χ2v) is 4.54. The van der Waals surface area contributed by atoms with Gasteiger partial charge in [-0.3, -0.25) is 4.79 Å². The zero-order chi connectivity index (χ0) is 14.7. The van der Waals surface area contributed by atoms with Gasteiger partial charge in [-0.25, -0.2) is 9.37 Å². The summed E-state index contributed by atoms with van der Waals surface area (Å²) in [5, 5.41) is 2.60. The molecule has 1 aliphatic carbocycles. The van der Waals surface area contributed by atoms with E-state index in [2.05, 4.69) is 10.3 Å². The van der Waals surface area contributed by atoms with Gasteiger partial charge in [-0.1, -0.05) is 13.0 Å². The van der Waals surface area contributed by atoms with E-state index in [1.165, 1.54) is 25.4 Å². The first kappa shape index (κ1) is 14.0. The zero-order valence-corrected chi connectivity index (χ0v) is 11.3. The van der Waals surface area contributed by atoms with Crippen LogP contribution in [0.3, 0.4) is 0 Å². The molecule has 1 aromatic heterocycles. The maximum atomic E-state index is 13.8. The Balaban J connectivity index is 2.27. The molecule has 2 rings (SSSR count). The quantitative estimate of drug-likeness (QED) is 0.889. The fourth-order valence-electron chi connectivity index (χ4n) is 2.07. The molecule has 3 N–H and O–H groups in total. The second-order valence-electron chi connectivity index (χ2n) is 4.54. The number of amides is 1. The second kappa shape index (κ2) is 5.73. The highest BCUT2D eigenvalue weighted by atomic mass is 19.1. The van der Waals surface area contributed by atoms with Gasteiger partial charge in [0.15, 0.2) is 0 Å². The highest BCUT2D eigenvalue weighted by Crippen LogP contribution is 2.30. The number of nitrogens with zero attached hydrogens (tertiary/aromatic N) is 1. The monoisotopic (exact) mass is 277 g/mol. The van der Waals surface area contributed by atoms with Crippen molar-refractivity contribution in [1.82, 2.24) is 4.98 Å². The fraction of sp³-hybridized carbons (Fsp3) is 0.286. The topological polar surface area (TPSA) is 77.2 Å². The van der Waals surface area contributed by atoms with Crippen molar-refractivity contribution in [2.24, 2.45) is 5.92 Å². The van der Waals surface area contributed by atoms with Crippen LogP contribution in [-0.2, 0) is 4.79 Å². The van der Waals surface area contributed by atoms with Crippen LogP contribution in [0, 0.1) is 5.92 Å². The van der Waals surface area contributed by atoms with Crippen molar-refractivity contribution in [3.8, 4) is 5.88 Å². The maximum Gasteiger partial charge on any atom is 0.254 e. The molecule has 0 fully saturated rings. The first-order chi connectivity index (χ1) is 9.54. The smallest absolute Gasteiger partial charge is 0.254 e. The number of carbonyl (C=O) groups is 1. The Morgan fingerprint density at radius 2 is 2.35 bits per heavy atom. The summed E-state index contributed by atoms with van der Waals surface area (Å²) in [5.41, 5.74) is 6.50. The number of methoxy groups -OCH3 is 1. The number of nitrogens with two attached hydrogens (primary N) is 1. The van der Waals surface area contributed by atoms with Crippen molar-refractivity contribution in [3.63, 3.8) is 0 Å². The van der Waals surface area contributed by atoms with Gasteiger partial charge in [0.05, 0.1) is 18.4 Å². The van der Waals surface area contributed by atoms with E-state index in [1.54, 1.807) is 13.0 Å². The van der Waals surface area contributed by atoms with Crippen LogP contribution in [0.4, 0.5) is 15.8 Å². The molecule has 1 atom stereocenters. The molecule has 1 aromatic rings. The molecule has 0 aromatic carbocycles. The van der Waals surface area contributed by atoms with Gasteiger partial charge >= 0.3 is 0 Å².